The van der Waals surface area contributed by atoms with Gasteiger partial charge < -0.3 is 5.73 Å². The van der Waals surface area contributed by atoms with Gasteiger partial charge in [0.25, 0.3) is 0 Å². The van der Waals surface area contributed by atoms with Crippen LogP contribution in [0.3, 0.4) is 0 Å². The Bertz CT molecular complexity index is 315. The first kappa shape index (κ1) is 10.7. The average Bonchev–Trinajstić information content (AvgIpc) is 2.49. The summed E-state index contributed by atoms with van der Waals surface area (Å²) in [5.74, 6) is 3.81. The minimum atomic E-state index is 0.536. The van der Waals surface area contributed by atoms with Crippen molar-refractivity contribution in [2.75, 3.05) is 0 Å². The summed E-state index contributed by atoms with van der Waals surface area (Å²) in [5, 5.41) is 0. The van der Waals surface area contributed by atoms with Crippen LogP contribution in [-0.4, -0.2) is 0 Å². The van der Waals surface area contributed by atoms with Crippen LogP contribution in [0.25, 0.3) is 0 Å². The van der Waals surface area contributed by atoms with Crippen molar-refractivity contribution in [3.8, 4) is 0 Å². The summed E-state index contributed by atoms with van der Waals surface area (Å²) >= 11 is 0. The van der Waals surface area contributed by atoms with Crippen LogP contribution < -0.4 is 5.73 Å². The summed E-state index contributed by atoms with van der Waals surface area (Å²) in [7, 11) is 0. The van der Waals surface area contributed by atoms with Crippen LogP contribution in [0, 0.1) is 29.1 Å². The molecule has 4 unspecified atom stereocenters. The van der Waals surface area contributed by atoms with Crippen molar-refractivity contribution >= 4 is 0 Å². The Morgan fingerprint density at radius 1 is 1.12 bits per heavy atom. The lowest BCUT2D eigenvalue weighted by atomic mass is 9.68. The van der Waals surface area contributed by atoms with E-state index in [1.807, 2.05) is 0 Å². The Hall–Kier alpha value is -0.460. The van der Waals surface area contributed by atoms with Gasteiger partial charge in [-0.15, -0.1) is 0 Å². The third kappa shape index (κ3) is 1.36. The SMILES string of the molecule is CC1(C)C2CCCCC2C2CC=C(N)CC21. The predicted molar refractivity (Wildman–Crippen MR) is 67.7 cm³/mol. The molecule has 1 heteroatoms. The molecule has 3 rings (SSSR count). The molecule has 0 spiro atoms. The zero-order chi connectivity index (χ0) is 11.3. The van der Waals surface area contributed by atoms with E-state index in [4.69, 9.17) is 5.73 Å². The monoisotopic (exact) mass is 219 g/mol. The molecule has 0 aromatic rings. The van der Waals surface area contributed by atoms with Gasteiger partial charge in [-0.2, -0.15) is 0 Å². The van der Waals surface area contributed by atoms with Crippen LogP contribution in [-0.2, 0) is 0 Å². The van der Waals surface area contributed by atoms with Crippen molar-refractivity contribution in [2.45, 2.75) is 52.4 Å². The third-order valence-corrected chi connectivity index (χ3v) is 5.91. The highest BCUT2D eigenvalue weighted by atomic mass is 14.7. The Morgan fingerprint density at radius 3 is 2.69 bits per heavy atom. The molecule has 3 aliphatic carbocycles. The van der Waals surface area contributed by atoms with Crippen molar-refractivity contribution in [1.29, 1.82) is 0 Å². The number of allylic oxidation sites excluding steroid dienone is 2. The van der Waals surface area contributed by atoms with E-state index >= 15 is 0 Å². The number of rotatable bonds is 0. The molecule has 2 fully saturated rings. The highest BCUT2D eigenvalue weighted by Gasteiger charge is 2.55. The second-order valence-corrected chi connectivity index (χ2v) is 6.87. The van der Waals surface area contributed by atoms with Gasteiger partial charge >= 0.3 is 0 Å². The zero-order valence-electron chi connectivity index (χ0n) is 10.7. The zero-order valence-corrected chi connectivity index (χ0v) is 10.7. The second-order valence-electron chi connectivity index (χ2n) is 6.87. The second kappa shape index (κ2) is 3.51. The molecular weight excluding hydrogens is 194 g/mol. The van der Waals surface area contributed by atoms with E-state index in [2.05, 4.69) is 19.9 Å². The molecular formula is C15H25N. The molecule has 0 radical (unpaired) electrons. The van der Waals surface area contributed by atoms with Crippen LogP contribution in [0.5, 0.6) is 0 Å². The van der Waals surface area contributed by atoms with Crippen molar-refractivity contribution < 1.29 is 0 Å². The fourth-order valence-corrected chi connectivity index (χ4v) is 5.10. The normalized spacial score (nSPS) is 45.8. The van der Waals surface area contributed by atoms with Gasteiger partial charge in [0.15, 0.2) is 0 Å². The predicted octanol–water partition coefficient (Wildman–Crippen LogP) is 3.70. The number of fused-ring (bicyclic) bond motifs is 3. The lowest BCUT2D eigenvalue weighted by Gasteiger charge is -2.37. The first-order chi connectivity index (χ1) is 7.60. The van der Waals surface area contributed by atoms with Crippen LogP contribution in [0.2, 0.25) is 0 Å². The van der Waals surface area contributed by atoms with E-state index in [-0.39, 0.29) is 0 Å². The molecule has 0 aliphatic heterocycles. The lowest BCUT2D eigenvalue weighted by molar-refractivity contribution is 0.134. The van der Waals surface area contributed by atoms with Crippen molar-refractivity contribution in [3.63, 3.8) is 0 Å². The van der Waals surface area contributed by atoms with Gasteiger partial charge in [0.2, 0.25) is 0 Å². The van der Waals surface area contributed by atoms with Crippen LogP contribution in [0.4, 0.5) is 0 Å². The van der Waals surface area contributed by atoms with Crippen molar-refractivity contribution in [1.82, 2.24) is 0 Å². The molecule has 2 saturated carbocycles. The highest BCUT2D eigenvalue weighted by Crippen LogP contribution is 2.62. The van der Waals surface area contributed by atoms with Gasteiger partial charge in [0.05, 0.1) is 0 Å². The highest BCUT2D eigenvalue weighted by molar-refractivity contribution is 5.14. The Morgan fingerprint density at radius 2 is 1.88 bits per heavy atom. The molecule has 4 atom stereocenters. The van der Waals surface area contributed by atoms with Gasteiger partial charge in [-0.25, -0.2) is 0 Å². The molecule has 2 N–H and O–H groups in total. The summed E-state index contributed by atoms with van der Waals surface area (Å²) in [6, 6.07) is 0. The van der Waals surface area contributed by atoms with Crippen LogP contribution in [0.15, 0.2) is 11.8 Å². The standard InChI is InChI=1S/C15H25N/c1-15(2)13-6-4-3-5-11(13)12-8-7-10(16)9-14(12)15/h7,11-14H,3-6,8-9,16H2,1-2H3. The van der Waals surface area contributed by atoms with Gasteiger partial charge in [-0.05, 0) is 54.8 Å². The summed E-state index contributed by atoms with van der Waals surface area (Å²) in [5.41, 5.74) is 7.76. The summed E-state index contributed by atoms with van der Waals surface area (Å²) in [6.07, 6.45) is 10.7. The molecule has 1 nitrogen and oxygen atoms in total. The van der Waals surface area contributed by atoms with Gasteiger partial charge in [0, 0.05) is 5.70 Å². The molecule has 0 aromatic heterocycles. The van der Waals surface area contributed by atoms with Gasteiger partial charge in [-0.1, -0.05) is 32.8 Å². The topological polar surface area (TPSA) is 26.0 Å². The number of nitrogens with two attached hydrogens (primary N) is 1. The molecule has 0 bridgehead atoms. The van der Waals surface area contributed by atoms with E-state index in [0.29, 0.717) is 5.41 Å². The van der Waals surface area contributed by atoms with E-state index in [1.165, 1.54) is 38.5 Å². The van der Waals surface area contributed by atoms with E-state index < -0.39 is 0 Å². The summed E-state index contributed by atoms with van der Waals surface area (Å²) in [4.78, 5) is 0. The lowest BCUT2D eigenvalue weighted by Crippen LogP contribution is -2.30. The smallest absolute Gasteiger partial charge is 0.00431 e. The van der Waals surface area contributed by atoms with Crippen LogP contribution in [0.1, 0.15) is 52.4 Å². The van der Waals surface area contributed by atoms with Crippen molar-refractivity contribution in [3.05, 3.63) is 11.8 Å². The van der Waals surface area contributed by atoms with Gasteiger partial charge in [-0.3, -0.25) is 0 Å². The summed E-state index contributed by atoms with van der Waals surface area (Å²) in [6.45, 7) is 5.03. The van der Waals surface area contributed by atoms with Crippen molar-refractivity contribution in [2.24, 2.45) is 34.8 Å². The maximum atomic E-state index is 6.06. The quantitative estimate of drug-likeness (QED) is 0.660. The first-order valence-electron chi connectivity index (χ1n) is 7.05. The Kier molecular flexibility index (Phi) is 2.35. The van der Waals surface area contributed by atoms with Gasteiger partial charge in [0.1, 0.15) is 0 Å². The Labute approximate surface area is 99.5 Å². The molecule has 3 aliphatic rings. The number of hydrogen-bond acceptors (Lipinski definition) is 1. The third-order valence-electron chi connectivity index (χ3n) is 5.91. The largest absolute Gasteiger partial charge is 0.402 e. The fraction of sp³-hybridized carbons (Fsp3) is 0.867. The van der Waals surface area contributed by atoms with E-state index in [0.717, 1.165) is 29.4 Å². The Balaban J connectivity index is 1.93. The van der Waals surface area contributed by atoms with E-state index in [1.54, 1.807) is 0 Å². The summed E-state index contributed by atoms with van der Waals surface area (Å²) < 4.78 is 0. The molecule has 90 valence electrons. The molecule has 0 heterocycles. The molecule has 0 saturated heterocycles. The average molecular weight is 219 g/mol. The maximum Gasteiger partial charge on any atom is 0.00431 e. The number of hydrogen-bond donors (Lipinski definition) is 1. The first-order valence-corrected chi connectivity index (χ1v) is 7.05. The fourth-order valence-electron chi connectivity index (χ4n) is 5.10. The molecule has 0 aromatic carbocycles. The molecule has 0 amide bonds. The molecule has 16 heavy (non-hydrogen) atoms. The van der Waals surface area contributed by atoms with Crippen LogP contribution >= 0.6 is 0 Å². The maximum absolute atomic E-state index is 6.06. The minimum absolute atomic E-state index is 0.536. The minimum Gasteiger partial charge on any atom is -0.402 e. The van der Waals surface area contributed by atoms with E-state index in [9.17, 15) is 0 Å².